The van der Waals surface area contributed by atoms with Gasteiger partial charge in [0.15, 0.2) is 5.78 Å². The van der Waals surface area contributed by atoms with Crippen LogP contribution in [0.25, 0.3) is 5.52 Å². The zero-order valence-electron chi connectivity index (χ0n) is 11.1. The topological polar surface area (TPSA) is 54.6 Å². The third kappa shape index (κ3) is 1.88. The second kappa shape index (κ2) is 4.44. The minimum atomic E-state index is -0.116. The van der Waals surface area contributed by atoms with Crippen LogP contribution in [0, 0.1) is 5.92 Å². The summed E-state index contributed by atoms with van der Waals surface area (Å²) < 4.78 is 1.58. The predicted octanol–water partition coefficient (Wildman–Crippen LogP) is 3.00. The Bertz CT molecular complexity index is 597. The summed E-state index contributed by atoms with van der Waals surface area (Å²) >= 11 is 0. The largest absolute Gasteiger partial charge is 0.506 e. The number of carbonyl (C=O) groups excluding carboxylic acids is 1. The fraction of sp³-hybridized carbons (Fsp3) is 0.429. The van der Waals surface area contributed by atoms with Gasteiger partial charge in [0.05, 0.1) is 11.3 Å². The highest BCUT2D eigenvalue weighted by Crippen LogP contribution is 2.30. The molecule has 0 aliphatic heterocycles. The van der Waals surface area contributed by atoms with Crippen LogP contribution in [-0.2, 0) is 0 Å². The average Bonchev–Trinajstić information content (AvgIpc) is 2.68. The number of rotatable bonds is 3. The normalized spacial score (nSPS) is 11.7. The van der Waals surface area contributed by atoms with Crippen molar-refractivity contribution in [2.24, 2.45) is 5.92 Å². The Hall–Kier alpha value is -1.84. The summed E-state index contributed by atoms with van der Waals surface area (Å²) in [6.45, 7) is 7.71. The lowest BCUT2D eigenvalue weighted by Crippen LogP contribution is -2.10. The van der Waals surface area contributed by atoms with Gasteiger partial charge in [-0.05, 0) is 18.1 Å². The van der Waals surface area contributed by atoms with Gasteiger partial charge in [-0.15, -0.1) is 0 Å². The van der Waals surface area contributed by atoms with Crippen LogP contribution in [0.15, 0.2) is 18.3 Å². The van der Waals surface area contributed by atoms with Gasteiger partial charge in [0.25, 0.3) is 0 Å². The van der Waals surface area contributed by atoms with Crippen molar-refractivity contribution >= 4 is 11.3 Å². The Labute approximate surface area is 106 Å². The van der Waals surface area contributed by atoms with Gasteiger partial charge in [-0.3, -0.25) is 4.79 Å². The van der Waals surface area contributed by atoms with Gasteiger partial charge in [-0.25, -0.2) is 4.52 Å². The molecule has 2 aromatic heterocycles. The molecule has 96 valence electrons. The van der Waals surface area contributed by atoms with Crippen LogP contribution in [0.3, 0.4) is 0 Å². The van der Waals surface area contributed by atoms with Crippen LogP contribution in [0.5, 0.6) is 5.75 Å². The number of nitrogens with zero attached hydrogens (tertiary/aromatic N) is 2. The first-order valence-corrected chi connectivity index (χ1v) is 6.18. The van der Waals surface area contributed by atoms with E-state index >= 15 is 0 Å². The van der Waals surface area contributed by atoms with Gasteiger partial charge in [-0.1, -0.05) is 27.7 Å². The summed E-state index contributed by atoms with van der Waals surface area (Å²) in [6.07, 6.45) is 1.75. The first kappa shape index (κ1) is 12.6. The standard InChI is InChI=1S/C14H18N2O2/c1-8(2)12-11(14(18)9(3)4)13-10(17)6-5-7-16(13)15-12/h5-9,17H,1-4H3. The quantitative estimate of drug-likeness (QED) is 0.847. The average molecular weight is 246 g/mol. The number of aromatic nitrogens is 2. The number of Topliss-reactive ketones (excluding diaryl/α,β-unsaturated/α-hetero) is 1. The molecule has 2 rings (SSSR count). The van der Waals surface area contributed by atoms with Crippen molar-refractivity contribution in [3.8, 4) is 5.75 Å². The smallest absolute Gasteiger partial charge is 0.169 e. The molecule has 2 aromatic rings. The van der Waals surface area contributed by atoms with E-state index in [1.54, 1.807) is 22.8 Å². The molecule has 1 N–H and O–H groups in total. The maximum Gasteiger partial charge on any atom is 0.169 e. The van der Waals surface area contributed by atoms with Gasteiger partial charge in [0.2, 0.25) is 0 Å². The van der Waals surface area contributed by atoms with Crippen LogP contribution in [-0.4, -0.2) is 20.5 Å². The third-order valence-electron chi connectivity index (χ3n) is 2.98. The van der Waals surface area contributed by atoms with Crippen LogP contribution in [0.2, 0.25) is 0 Å². The highest BCUT2D eigenvalue weighted by molar-refractivity contribution is 6.05. The molecule has 0 aromatic carbocycles. The van der Waals surface area contributed by atoms with Crippen molar-refractivity contribution < 1.29 is 9.90 Å². The second-order valence-electron chi connectivity index (χ2n) is 5.12. The van der Waals surface area contributed by atoms with E-state index in [2.05, 4.69) is 5.10 Å². The summed E-state index contributed by atoms with van der Waals surface area (Å²) in [4.78, 5) is 12.3. The molecular formula is C14H18N2O2. The highest BCUT2D eigenvalue weighted by Gasteiger charge is 2.25. The lowest BCUT2D eigenvalue weighted by molar-refractivity contribution is 0.0939. The number of carbonyl (C=O) groups is 1. The molecule has 4 nitrogen and oxygen atoms in total. The number of fused-ring (bicyclic) bond motifs is 1. The first-order chi connectivity index (χ1) is 8.43. The molecule has 0 radical (unpaired) electrons. The number of hydrogen-bond acceptors (Lipinski definition) is 3. The Balaban J connectivity index is 2.81. The maximum absolute atomic E-state index is 12.3. The molecular weight excluding hydrogens is 228 g/mol. The lowest BCUT2D eigenvalue weighted by atomic mass is 9.95. The molecule has 0 bridgehead atoms. The van der Waals surface area contributed by atoms with Crippen molar-refractivity contribution in [2.45, 2.75) is 33.6 Å². The molecule has 0 amide bonds. The van der Waals surface area contributed by atoms with E-state index in [4.69, 9.17) is 0 Å². The molecule has 0 unspecified atom stereocenters. The summed E-state index contributed by atoms with van der Waals surface area (Å²) in [5.41, 5.74) is 1.81. The Morgan fingerprint density at radius 3 is 2.56 bits per heavy atom. The van der Waals surface area contributed by atoms with Crippen molar-refractivity contribution in [3.63, 3.8) is 0 Å². The maximum atomic E-state index is 12.3. The Morgan fingerprint density at radius 2 is 2.00 bits per heavy atom. The van der Waals surface area contributed by atoms with Crippen LogP contribution in [0.4, 0.5) is 0 Å². The molecule has 0 atom stereocenters. The van der Waals surface area contributed by atoms with E-state index in [9.17, 15) is 9.90 Å². The molecule has 0 spiro atoms. The van der Waals surface area contributed by atoms with Crippen LogP contribution < -0.4 is 0 Å². The summed E-state index contributed by atoms with van der Waals surface area (Å²) in [6, 6.07) is 3.29. The second-order valence-corrected chi connectivity index (χ2v) is 5.12. The van der Waals surface area contributed by atoms with Crippen molar-refractivity contribution in [3.05, 3.63) is 29.6 Å². The molecule has 0 aliphatic rings. The van der Waals surface area contributed by atoms with Gasteiger partial charge >= 0.3 is 0 Å². The number of aromatic hydroxyl groups is 1. The predicted molar refractivity (Wildman–Crippen MR) is 70.1 cm³/mol. The van der Waals surface area contributed by atoms with E-state index in [1.165, 1.54) is 0 Å². The number of hydrogen-bond donors (Lipinski definition) is 1. The fourth-order valence-corrected chi connectivity index (χ4v) is 2.04. The molecule has 0 aliphatic carbocycles. The van der Waals surface area contributed by atoms with E-state index < -0.39 is 0 Å². The number of ketones is 1. The zero-order chi connectivity index (χ0) is 13.4. The van der Waals surface area contributed by atoms with E-state index in [1.807, 2.05) is 27.7 Å². The molecule has 0 saturated carbocycles. The number of pyridine rings is 1. The Kier molecular flexibility index (Phi) is 3.11. The summed E-state index contributed by atoms with van der Waals surface area (Å²) in [7, 11) is 0. The van der Waals surface area contributed by atoms with Crippen molar-refractivity contribution in [2.75, 3.05) is 0 Å². The SMILES string of the molecule is CC(C)C(=O)c1c(C(C)C)nn2cccc(O)c12. The van der Waals surface area contributed by atoms with Crippen LogP contribution >= 0.6 is 0 Å². The van der Waals surface area contributed by atoms with Gasteiger partial charge in [0, 0.05) is 12.1 Å². The molecule has 0 fully saturated rings. The van der Waals surface area contributed by atoms with Crippen molar-refractivity contribution in [1.29, 1.82) is 0 Å². The molecule has 18 heavy (non-hydrogen) atoms. The van der Waals surface area contributed by atoms with Gasteiger partial charge in [0.1, 0.15) is 11.3 Å². The fourth-order valence-electron chi connectivity index (χ4n) is 2.04. The van der Waals surface area contributed by atoms with Gasteiger partial charge in [-0.2, -0.15) is 5.10 Å². The lowest BCUT2D eigenvalue weighted by Gasteiger charge is -2.07. The molecule has 4 heteroatoms. The summed E-state index contributed by atoms with van der Waals surface area (Å²) in [5.74, 6) is 0.146. The van der Waals surface area contributed by atoms with Gasteiger partial charge < -0.3 is 5.11 Å². The van der Waals surface area contributed by atoms with E-state index in [0.29, 0.717) is 11.1 Å². The molecule has 0 saturated heterocycles. The van der Waals surface area contributed by atoms with E-state index in [0.717, 1.165) is 5.69 Å². The van der Waals surface area contributed by atoms with Crippen molar-refractivity contribution in [1.82, 2.24) is 9.61 Å². The highest BCUT2D eigenvalue weighted by atomic mass is 16.3. The molecule has 2 heterocycles. The minimum Gasteiger partial charge on any atom is -0.506 e. The van der Waals surface area contributed by atoms with E-state index in [-0.39, 0.29) is 23.4 Å². The monoisotopic (exact) mass is 246 g/mol. The third-order valence-corrected chi connectivity index (χ3v) is 2.98. The zero-order valence-corrected chi connectivity index (χ0v) is 11.1. The van der Waals surface area contributed by atoms with Crippen LogP contribution in [0.1, 0.15) is 49.7 Å². The summed E-state index contributed by atoms with van der Waals surface area (Å²) in [5, 5.41) is 14.4. The minimum absolute atomic E-state index is 0.0233. The first-order valence-electron chi connectivity index (χ1n) is 6.18. The Morgan fingerprint density at radius 1 is 1.33 bits per heavy atom.